The second-order valence-corrected chi connectivity index (χ2v) is 8.10. The van der Waals surface area contributed by atoms with Gasteiger partial charge in [-0.1, -0.05) is 53.7 Å². The Labute approximate surface area is 180 Å². The van der Waals surface area contributed by atoms with Crippen molar-refractivity contribution in [2.75, 3.05) is 6.54 Å². The van der Waals surface area contributed by atoms with Crippen LogP contribution >= 0.6 is 11.8 Å². The fraction of sp³-hybridized carbons (Fsp3) is 0.208. The third-order valence-corrected chi connectivity index (χ3v) is 5.86. The Bertz CT molecular complexity index is 1170. The zero-order chi connectivity index (χ0) is 20.9. The van der Waals surface area contributed by atoms with Crippen molar-refractivity contribution in [3.63, 3.8) is 0 Å². The first-order chi connectivity index (χ1) is 14.6. The van der Waals surface area contributed by atoms with Gasteiger partial charge in [-0.15, -0.1) is 0 Å². The number of nitrogens with zero attached hydrogens (tertiary/aromatic N) is 3. The first kappa shape index (κ1) is 20.2. The van der Waals surface area contributed by atoms with Gasteiger partial charge in [0.25, 0.3) is 5.91 Å². The van der Waals surface area contributed by atoms with Crippen molar-refractivity contribution in [3.8, 4) is 0 Å². The van der Waals surface area contributed by atoms with Crippen LogP contribution in [0.3, 0.4) is 0 Å². The smallest absolute Gasteiger partial charge is 0.251 e. The molecule has 5 nitrogen and oxygen atoms in total. The summed E-state index contributed by atoms with van der Waals surface area (Å²) in [6.07, 6.45) is 1.81. The van der Waals surface area contributed by atoms with Crippen LogP contribution in [0.25, 0.3) is 11.2 Å². The highest BCUT2D eigenvalue weighted by atomic mass is 32.2. The highest BCUT2D eigenvalue weighted by molar-refractivity contribution is 7.98. The lowest BCUT2D eigenvalue weighted by Crippen LogP contribution is -2.22. The minimum absolute atomic E-state index is 0.0391. The van der Waals surface area contributed by atoms with E-state index in [0.29, 0.717) is 12.1 Å². The van der Waals surface area contributed by atoms with Crippen LogP contribution in [0.5, 0.6) is 0 Å². The molecule has 0 saturated heterocycles. The molecule has 4 rings (SSSR count). The number of amides is 1. The van der Waals surface area contributed by atoms with Crippen molar-refractivity contribution >= 4 is 28.8 Å². The topological polar surface area (TPSA) is 59.8 Å². The Kier molecular flexibility index (Phi) is 6.14. The summed E-state index contributed by atoms with van der Waals surface area (Å²) >= 11 is 1.69. The van der Waals surface area contributed by atoms with Crippen molar-refractivity contribution in [1.29, 1.82) is 0 Å². The van der Waals surface area contributed by atoms with Gasteiger partial charge in [0.2, 0.25) is 0 Å². The van der Waals surface area contributed by atoms with Crippen molar-refractivity contribution in [1.82, 2.24) is 19.9 Å². The molecule has 1 amide bonds. The minimum Gasteiger partial charge on any atom is -0.352 e. The van der Waals surface area contributed by atoms with E-state index in [1.807, 2.05) is 49.5 Å². The fourth-order valence-corrected chi connectivity index (χ4v) is 4.30. The molecule has 0 bridgehead atoms. The van der Waals surface area contributed by atoms with Crippen LogP contribution < -0.4 is 5.32 Å². The Balaban J connectivity index is 1.56. The maximum absolute atomic E-state index is 11.9. The number of carbonyl (C=O) groups is 1. The van der Waals surface area contributed by atoms with Gasteiger partial charge in [-0.05, 0) is 49.2 Å². The van der Waals surface area contributed by atoms with E-state index < -0.39 is 0 Å². The quantitative estimate of drug-likeness (QED) is 0.438. The fourth-order valence-electron chi connectivity index (χ4n) is 3.35. The number of fused-ring (bicyclic) bond motifs is 1. The SMILES string of the molecule is CCNC(=O)c1ccc(CSc2nc3cccnc3n2Cc2cccc(C)c2)cc1. The first-order valence-corrected chi connectivity index (χ1v) is 11.0. The van der Waals surface area contributed by atoms with Crippen molar-refractivity contribution in [2.45, 2.75) is 31.3 Å². The summed E-state index contributed by atoms with van der Waals surface area (Å²) in [6, 6.07) is 20.2. The molecule has 6 heteroatoms. The summed E-state index contributed by atoms with van der Waals surface area (Å²) in [5, 5.41) is 3.77. The number of imidazole rings is 1. The molecular formula is C24H24N4OS. The molecule has 0 saturated carbocycles. The highest BCUT2D eigenvalue weighted by Crippen LogP contribution is 2.27. The first-order valence-electron chi connectivity index (χ1n) is 10.0. The summed E-state index contributed by atoms with van der Waals surface area (Å²) in [4.78, 5) is 21.3. The van der Waals surface area contributed by atoms with Crippen LogP contribution in [-0.4, -0.2) is 27.0 Å². The molecule has 0 atom stereocenters. The zero-order valence-corrected chi connectivity index (χ0v) is 17.9. The van der Waals surface area contributed by atoms with Gasteiger partial charge in [0.15, 0.2) is 10.8 Å². The predicted molar refractivity (Wildman–Crippen MR) is 122 cm³/mol. The number of aryl methyl sites for hydroxylation is 1. The Hall–Kier alpha value is -3.12. The Morgan fingerprint density at radius 3 is 2.67 bits per heavy atom. The number of nitrogens with one attached hydrogen (secondary N) is 1. The number of aromatic nitrogens is 3. The molecule has 0 spiro atoms. The van der Waals surface area contributed by atoms with E-state index >= 15 is 0 Å². The molecule has 2 heterocycles. The van der Waals surface area contributed by atoms with Gasteiger partial charge in [0.05, 0.1) is 6.54 Å². The van der Waals surface area contributed by atoms with E-state index in [0.717, 1.165) is 34.2 Å². The van der Waals surface area contributed by atoms with Crippen LogP contribution in [0.1, 0.15) is 34.0 Å². The lowest BCUT2D eigenvalue weighted by molar-refractivity contribution is 0.0956. The van der Waals surface area contributed by atoms with E-state index in [1.165, 1.54) is 11.1 Å². The highest BCUT2D eigenvalue weighted by Gasteiger charge is 2.13. The summed E-state index contributed by atoms with van der Waals surface area (Å²) in [5.41, 5.74) is 6.10. The summed E-state index contributed by atoms with van der Waals surface area (Å²) in [7, 11) is 0. The van der Waals surface area contributed by atoms with Crippen molar-refractivity contribution in [2.24, 2.45) is 0 Å². The van der Waals surface area contributed by atoms with Gasteiger partial charge in [-0.25, -0.2) is 9.97 Å². The lowest BCUT2D eigenvalue weighted by atomic mass is 10.1. The molecule has 0 radical (unpaired) electrons. The monoisotopic (exact) mass is 416 g/mol. The molecular weight excluding hydrogens is 392 g/mol. The molecule has 2 aromatic heterocycles. The van der Waals surface area contributed by atoms with E-state index in [2.05, 4.69) is 46.1 Å². The van der Waals surface area contributed by atoms with Crippen LogP contribution in [0.4, 0.5) is 0 Å². The van der Waals surface area contributed by atoms with Gasteiger partial charge < -0.3 is 5.32 Å². The number of pyridine rings is 1. The summed E-state index contributed by atoms with van der Waals surface area (Å²) < 4.78 is 2.18. The largest absolute Gasteiger partial charge is 0.352 e. The lowest BCUT2D eigenvalue weighted by Gasteiger charge is -2.09. The maximum Gasteiger partial charge on any atom is 0.251 e. The Morgan fingerprint density at radius 2 is 1.90 bits per heavy atom. The van der Waals surface area contributed by atoms with Crippen molar-refractivity contribution < 1.29 is 4.79 Å². The second-order valence-electron chi connectivity index (χ2n) is 7.16. The predicted octanol–water partition coefficient (Wildman–Crippen LogP) is 4.83. The normalized spacial score (nSPS) is 11.0. The molecule has 0 aliphatic heterocycles. The molecule has 0 unspecified atom stereocenters. The van der Waals surface area contributed by atoms with E-state index in [-0.39, 0.29) is 5.91 Å². The van der Waals surface area contributed by atoms with E-state index in [4.69, 9.17) is 4.98 Å². The van der Waals surface area contributed by atoms with Gasteiger partial charge in [-0.3, -0.25) is 9.36 Å². The number of hydrogen-bond acceptors (Lipinski definition) is 4. The molecule has 4 aromatic rings. The summed E-state index contributed by atoms with van der Waals surface area (Å²) in [6.45, 7) is 5.38. The van der Waals surface area contributed by atoms with Gasteiger partial charge in [0.1, 0.15) is 5.52 Å². The third kappa shape index (κ3) is 4.54. The zero-order valence-electron chi connectivity index (χ0n) is 17.1. The van der Waals surface area contributed by atoms with Gasteiger partial charge >= 0.3 is 0 Å². The average molecular weight is 417 g/mol. The number of benzene rings is 2. The Morgan fingerprint density at radius 1 is 1.07 bits per heavy atom. The number of hydrogen-bond donors (Lipinski definition) is 1. The van der Waals surface area contributed by atoms with Crippen LogP contribution in [-0.2, 0) is 12.3 Å². The summed E-state index contributed by atoms with van der Waals surface area (Å²) in [5.74, 6) is 0.732. The molecule has 0 aliphatic rings. The van der Waals surface area contributed by atoms with E-state index in [9.17, 15) is 4.79 Å². The van der Waals surface area contributed by atoms with Crippen molar-refractivity contribution in [3.05, 3.63) is 89.1 Å². The third-order valence-electron chi connectivity index (χ3n) is 4.81. The number of rotatable bonds is 7. The molecule has 1 N–H and O–H groups in total. The van der Waals surface area contributed by atoms with Crippen LogP contribution in [0, 0.1) is 6.92 Å². The van der Waals surface area contributed by atoms with Gasteiger partial charge in [0, 0.05) is 24.1 Å². The second kappa shape index (κ2) is 9.13. The maximum atomic E-state index is 11.9. The van der Waals surface area contributed by atoms with Crippen LogP contribution in [0.15, 0.2) is 72.0 Å². The molecule has 30 heavy (non-hydrogen) atoms. The number of carbonyl (C=O) groups excluding carboxylic acids is 1. The van der Waals surface area contributed by atoms with Gasteiger partial charge in [-0.2, -0.15) is 0 Å². The number of thioether (sulfide) groups is 1. The average Bonchev–Trinajstić information content (AvgIpc) is 3.10. The van der Waals surface area contributed by atoms with Crippen LogP contribution in [0.2, 0.25) is 0 Å². The van der Waals surface area contributed by atoms with E-state index in [1.54, 1.807) is 11.8 Å². The minimum atomic E-state index is -0.0391. The molecule has 0 aliphatic carbocycles. The molecule has 0 fully saturated rings. The standard InChI is InChI=1S/C24H24N4OS/c1-3-25-23(29)20-11-9-18(10-12-20)16-30-24-27-21-8-5-13-26-22(21)28(24)15-19-7-4-6-17(2)14-19/h4-14H,3,15-16H2,1-2H3,(H,25,29). The molecule has 2 aromatic carbocycles. The molecule has 152 valence electrons.